The number of likely N-dealkylation sites (N-methyl/N-ethyl adjacent to an activating group) is 1. The summed E-state index contributed by atoms with van der Waals surface area (Å²) in [5, 5.41) is 24.6. The second-order valence-electron chi connectivity index (χ2n) is 5.44. The van der Waals surface area contributed by atoms with Gasteiger partial charge in [-0.2, -0.15) is 5.21 Å². The van der Waals surface area contributed by atoms with Crippen LogP contribution in [0, 0.1) is 17.0 Å². The number of hydrogen-bond donors (Lipinski definition) is 1. The maximum atomic E-state index is 12.3. The maximum Gasteiger partial charge on any atom is 0.272 e. The first-order chi connectivity index (χ1) is 10.9. The van der Waals surface area contributed by atoms with Gasteiger partial charge >= 0.3 is 0 Å². The highest BCUT2D eigenvalue weighted by atomic mass is 16.6. The molecule has 1 amide bonds. The fourth-order valence-corrected chi connectivity index (χ4v) is 2.33. The zero-order chi connectivity index (χ0) is 17.0. The van der Waals surface area contributed by atoms with Crippen LogP contribution in [0.3, 0.4) is 0 Å². The van der Waals surface area contributed by atoms with Crippen molar-refractivity contribution in [2.45, 2.75) is 26.2 Å². The van der Waals surface area contributed by atoms with E-state index in [2.05, 4.69) is 20.6 Å². The summed E-state index contributed by atoms with van der Waals surface area (Å²) in [7, 11) is 1.69. The van der Waals surface area contributed by atoms with Crippen molar-refractivity contribution in [1.82, 2.24) is 25.5 Å². The van der Waals surface area contributed by atoms with Crippen LogP contribution < -0.4 is 0 Å². The number of carbonyl (C=O) groups is 1. The molecule has 23 heavy (non-hydrogen) atoms. The van der Waals surface area contributed by atoms with Gasteiger partial charge in [-0.3, -0.25) is 14.9 Å². The Morgan fingerprint density at radius 2 is 2.22 bits per heavy atom. The first-order valence-corrected chi connectivity index (χ1v) is 7.10. The number of nitrogens with one attached hydrogen (secondary N) is 1. The highest BCUT2D eigenvalue weighted by Crippen LogP contribution is 2.22. The summed E-state index contributed by atoms with van der Waals surface area (Å²) in [6.07, 6.45) is 0.114. The number of nitro benzene ring substituents is 1. The fourth-order valence-electron chi connectivity index (χ4n) is 2.33. The first-order valence-electron chi connectivity index (χ1n) is 7.10. The number of carbonyl (C=O) groups excluding carboxylic acids is 1. The fraction of sp³-hybridized carbons (Fsp3) is 0.429. The molecule has 0 fully saturated rings. The van der Waals surface area contributed by atoms with Gasteiger partial charge in [-0.05, 0) is 12.5 Å². The van der Waals surface area contributed by atoms with Gasteiger partial charge < -0.3 is 4.90 Å². The second-order valence-corrected chi connectivity index (χ2v) is 5.44. The van der Waals surface area contributed by atoms with Crippen molar-refractivity contribution in [2.24, 2.45) is 0 Å². The zero-order valence-corrected chi connectivity index (χ0v) is 13.2. The number of benzene rings is 1. The Morgan fingerprint density at radius 1 is 1.48 bits per heavy atom. The van der Waals surface area contributed by atoms with E-state index in [4.69, 9.17) is 0 Å². The van der Waals surface area contributed by atoms with Crippen LogP contribution in [0.5, 0.6) is 0 Å². The number of nitro groups is 1. The quantitative estimate of drug-likeness (QED) is 0.632. The molecule has 0 radical (unpaired) electrons. The summed E-state index contributed by atoms with van der Waals surface area (Å²) in [4.78, 5) is 24.4. The van der Waals surface area contributed by atoms with Crippen molar-refractivity contribution >= 4 is 11.6 Å². The number of amides is 1. The Labute approximate surface area is 132 Å². The summed E-state index contributed by atoms with van der Waals surface area (Å²) in [6, 6.07) is 4.76. The molecule has 9 nitrogen and oxygen atoms in total. The molecule has 0 unspecified atom stereocenters. The lowest BCUT2D eigenvalue weighted by atomic mass is 10.0. The Balaban J connectivity index is 2.04. The highest BCUT2D eigenvalue weighted by molar-refractivity contribution is 5.79. The van der Waals surface area contributed by atoms with Gasteiger partial charge in [-0.15, -0.1) is 10.2 Å². The van der Waals surface area contributed by atoms with Crippen molar-refractivity contribution in [3.63, 3.8) is 0 Å². The number of nitrogens with zero attached hydrogens (tertiary/aromatic N) is 5. The summed E-state index contributed by atoms with van der Waals surface area (Å²) in [6.45, 7) is 3.99. The molecule has 1 heterocycles. The minimum atomic E-state index is -0.439. The molecule has 0 aliphatic carbocycles. The lowest BCUT2D eigenvalue weighted by Gasteiger charge is -2.20. The van der Waals surface area contributed by atoms with Gasteiger partial charge in [0.2, 0.25) is 5.91 Å². The Kier molecular flexibility index (Phi) is 4.99. The number of aromatic nitrogens is 4. The normalized spacial score (nSPS) is 12.0. The molecule has 0 spiro atoms. The molecule has 0 saturated heterocycles. The summed E-state index contributed by atoms with van der Waals surface area (Å²) in [5.41, 5.74) is 1.20. The van der Waals surface area contributed by atoms with Crippen molar-refractivity contribution < 1.29 is 9.72 Å². The third kappa shape index (κ3) is 3.87. The monoisotopic (exact) mass is 318 g/mol. The van der Waals surface area contributed by atoms with Gasteiger partial charge in [0.05, 0.1) is 11.3 Å². The molecule has 2 rings (SSSR count). The number of tetrazole rings is 1. The standard InChI is InChI=1S/C14H18N6O3/c1-9(14-15-17-18-16-14)8-19(3)13(21)7-11-5-4-6-12(10(11)2)20(22)23/h4-6,9H,7-8H2,1-3H3,(H,15,16,17,18)/t9-/m1/s1. The van der Waals surface area contributed by atoms with Crippen molar-refractivity contribution in [3.05, 3.63) is 45.3 Å². The Bertz CT molecular complexity index is 701. The van der Waals surface area contributed by atoms with Crippen molar-refractivity contribution in [3.8, 4) is 0 Å². The maximum absolute atomic E-state index is 12.3. The molecule has 122 valence electrons. The van der Waals surface area contributed by atoms with Crippen molar-refractivity contribution in [2.75, 3.05) is 13.6 Å². The molecule has 1 aromatic heterocycles. The van der Waals surface area contributed by atoms with E-state index in [0.717, 1.165) is 0 Å². The predicted octanol–water partition coefficient (Wildman–Crippen LogP) is 1.22. The predicted molar refractivity (Wildman–Crippen MR) is 81.8 cm³/mol. The molecule has 1 aromatic carbocycles. The van der Waals surface area contributed by atoms with E-state index in [1.165, 1.54) is 6.07 Å². The van der Waals surface area contributed by atoms with E-state index >= 15 is 0 Å². The third-order valence-electron chi connectivity index (χ3n) is 3.73. The smallest absolute Gasteiger partial charge is 0.272 e. The average molecular weight is 318 g/mol. The van der Waals surface area contributed by atoms with E-state index in [9.17, 15) is 14.9 Å². The minimum Gasteiger partial charge on any atom is -0.345 e. The SMILES string of the molecule is Cc1c(CC(=O)N(C)C[C@@H](C)c2nn[nH]n2)cccc1[N+](=O)[O-]. The number of hydrogen-bond acceptors (Lipinski definition) is 6. The van der Waals surface area contributed by atoms with E-state index < -0.39 is 4.92 Å². The first kappa shape index (κ1) is 16.5. The molecular formula is C14H18N6O3. The van der Waals surface area contributed by atoms with E-state index in [0.29, 0.717) is 23.5 Å². The summed E-state index contributed by atoms with van der Waals surface area (Å²) in [5.74, 6) is 0.356. The van der Waals surface area contributed by atoms with Gasteiger partial charge in [0.1, 0.15) is 0 Å². The zero-order valence-electron chi connectivity index (χ0n) is 13.2. The van der Waals surface area contributed by atoms with Crippen LogP contribution >= 0.6 is 0 Å². The van der Waals surface area contributed by atoms with Gasteiger partial charge in [-0.1, -0.05) is 24.3 Å². The van der Waals surface area contributed by atoms with E-state index in [1.807, 2.05) is 6.92 Å². The number of H-pyrrole nitrogens is 1. The van der Waals surface area contributed by atoms with Crippen LogP contribution in [-0.4, -0.2) is 49.9 Å². The van der Waals surface area contributed by atoms with Crippen LogP contribution in [-0.2, 0) is 11.2 Å². The van der Waals surface area contributed by atoms with E-state index in [1.54, 1.807) is 31.0 Å². The Hall–Kier alpha value is -2.84. The van der Waals surface area contributed by atoms with Gasteiger partial charge in [0.25, 0.3) is 5.69 Å². The minimum absolute atomic E-state index is 0.0260. The van der Waals surface area contributed by atoms with Crippen LogP contribution in [0.1, 0.15) is 29.8 Å². The van der Waals surface area contributed by atoms with Gasteiger partial charge in [-0.25, -0.2) is 0 Å². The summed E-state index contributed by atoms with van der Waals surface area (Å²) < 4.78 is 0. The molecule has 0 saturated carbocycles. The second kappa shape index (κ2) is 6.95. The average Bonchev–Trinajstić information content (AvgIpc) is 3.03. The molecular weight excluding hydrogens is 300 g/mol. The van der Waals surface area contributed by atoms with Crippen LogP contribution in [0.15, 0.2) is 18.2 Å². The molecule has 0 aliphatic rings. The molecule has 1 atom stereocenters. The van der Waals surface area contributed by atoms with Crippen LogP contribution in [0.25, 0.3) is 0 Å². The molecule has 9 heteroatoms. The third-order valence-corrected chi connectivity index (χ3v) is 3.73. The number of rotatable bonds is 6. The van der Waals surface area contributed by atoms with E-state index in [-0.39, 0.29) is 23.9 Å². The summed E-state index contributed by atoms with van der Waals surface area (Å²) >= 11 is 0. The van der Waals surface area contributed by atoms with Gasteiger partial charge in [0.15, 0.2) is 5.82 Å². The van der Waals surface area contributed by atoms with Gasteiger partial charge in [0, 0.05) is 31.1 Å². The molecule has 1 N–H and O–H groups in total. The van der Waals surface area contributed by atoms with Crippen molar-refractivity contribution in [1.29, 1.82) is 0 Å². The lowest BCUT2D eigenvalue weighted by Crippen LogP contribution is -2.32. The topological polar surface area (TPSA) is 118 Å². The molecule has 0 aliphatic heterocycles. The highest BCUT2D eigenvalue weighted by Gasteiger charge is 2.19. The van der Waals surface area contributed by atoms with Crippen LogP contribution in [0.2, 0.25) is 0 Å². The Morgan fingerprint density at radius 3 is 2.83 bits per heavy atom. The molecule has 0 bridgehead atoms. The number of aromatic amines is 1. The lowest BCUT2D eigenvalue weighted by molar-refractivity contribution is -0.385. The largest absolute Gasteiger partial charge is 0.345 e. The molecule has 2 aromatic rings. The van der Waals surface area contributed by atoms with Crippen LogP contribution in [0.4, 0.5) is 5.69 Å².